The summed E-state index contributed by atoms with van der Waals surface area (Å²) in [5.41, 5.74) is 6.44. The Bertz CT molecular complexity index is 257. The van der Waals surface area contributed by atoms with Gasteiger partial charge < -0.3 is 10.5 Å². The largest absolute Gasteiger partial charge is 0.383 e. The third-order valence-corrected chi connectivity index (χ3v) is 1.62. The van der Waals surface area contributed by atoms with E-state index in [1.165, 1.54) is 12.1 Å². The average Bonchev–Trinajstić information content (AvgIpc) is 2.05. The van der Waals surface area contributed by atoms with Crippen LogP contribution in [0.3, 0.4) is 0 Å². The topological polar surface area (TPSA) is 35.2 Å². The van der Waals surface area contributed by atoms with Crippen LogP contribution in [0.1, 0.15) is 11.6 Å². The van der Waals surface area contributed by atoms with Gasteiger partial charge in [-0.15, -0.1) is 12.4 Å². The van der Waals surface area contributed by atoms with Gasteiger partial charge in [0, 0.05) is 7.11 Å². The van der Waals surface area contributed by atoms with E-state index < -0.39 is 0 Å². The van der Waals surface area contributed by atoms with Crippen molar-refractivity contribution in [2.24, 2.45) is 5.73 Å². The second-order valence-electron chi connectivity index (χ2n) is 2.62. The van der Waals surface area contributed by atoms with Crippen molar-refractivity contribution in [3.8, 4) is 0 Å². The third-order valence-electron chi connectivity index (χ3n) is 1.62. The maximum absolute atomic E-state index is 12.7. The Morgan fingerprint density at radius 2 is 2.23 bits per heavy atom. The molecule has 0 unspecified atom stereocenters. The molecule has 0 aliphatic carbocycles. The molecule has 0 saturated heterocycles. The molecule has 1 atom stereocenters. The van der Waals surface area contributed by atoms with E-state index in [2.05, 4.69) is 0 Å². The molecule has 0 spiro atoms. The fourth-order valence-electron chi connectivity index (χ4n) is 1.01. The van der Waals surface area contributed by atoms with Gasteiger partial charge in [-0.05, 0) is 17.7 Å². The van der Waals surface area contributed by atoms with Crippen molar-refractivity contribution < 1.29 is 9.13 Å². The Hall–Kier alpha value is -0.640. The van der Waals surface area contributed by atoms with Crippen LogP contribution in [-0.2, 0) is 4.74 Å². The second-order valence-corrected chi connectivity index (χ2v) is 2.62. The van der Waals surface area contributed by atoms with Crippen LogP contribution in [0.25, 0.3) is 0 Å². The molecule has 0 radical (unpaired) electrons. The van der Waals surface area contributed by atoms with E-state index >= 15 is 0 Å². The van der Waals surface area contributed by atoms with Crippen molar-refractivity contribution in [3.63, 3.8) is 0 Å². The van der Waals surface area contributed by atoms with Gasteiger partial charge in [0.2, 0.25) is 0 Å². The first-order valence-corrected chi connectivity index (χ1v) is 3.74. The molecule has 0 aliphatic rings. The first-order chi connectivity index (χ1) is 5.74. The molecule has 0 aromatic heterocycles. The number of ether oxygens (including phenoxy) is 1. The van der Waals surface area contributed by atoms with Crippen LogP contribution in [-0.4, -0.2) is 13.7 Å². The molecule has 0 amide bonds. The lowest BCUT2D eigenvalue weighted by Crippen LogP contribution is -2.15. The van der Waals surface area contributed by atoms with Crippen molar-refractivity contribution in [1.82, 2.24) is 0 Å². The molecule has 0 saturated carbocycles. The van der Waals surface area contributed by atoms with Gasteiger partial charge in [0.1, 0.15) is 5.82 Å². The molecule has 0 fully saturated rings. The average molecular weight is 206 g/mol. The molecule has 1 rings (SSSR count). The van der Waals surface area contributed by atoms with E-state index in [1.54, 1.807) is 19.2 Å². The molecule has 2 N–H and O–H groups in total. The number of halogens is 2. The first-order valence-electron chi connectivity index (χ1n) is 3.74. The van der Waals surface area contributed by atoms with E-state index in [0.29, 0.717) is 6.61 Å². The summed E-state index contributed by atoms with van der Waals surface area (Å²) in [5, 5.41) is 0. The van der Waals surface area contributed by atoms with E-state index in [-0.39, 0.29) is 24.3 Å². The Balaban J connectivity index is 0.00000144. The van der Waals surface area contributed by atoms with Gasteiger partial charge in [0.15, 0.2) is 0 Å². The highest BCUT2D eigenvalue weighted by Gasteiger charge is 2.04. The lowest BCUT2D eigenvalue weighted by molar-refractivity contribution is 0.181. The molecule has 0 bridgehead atoms. The summed E-state index contributed by atoms with van der Waals surface area (Å²) in [6.07, 6.45) is 0. The first kappa shape index (κ1) is 12.4. The minimum Gasteiger partial charge on any atom is -0.383 e. The van der Waals surface area contributed by atoms with E-state index in [9.17, 15) is 4.39 Å². The maximum atomic E-state index is 12.7. The Kier molecular flexibility index (Phi) is 5.62. The zero-order valence-corrected chi connectivity index (χ0v) is 8.18. The number of hydrogen-bond donors (Lipinski definition) is 1. The standard InChI is InChI=1S/C9H12FNO.ClH/c1-12-6-9(11)7-3-2-4-8(10)5-7;/h2-5,9H,6,11H2,1H3;1H/t9-;/m0./s1. The Labute approximate surface area is 83.3 Å². The molecule has 0 aliphatic heterocycles. The highest BCUT2D eigenvalue weighted by molar-refractivity contribution is 5.85. The maximum Gasteiger partial charge on any atom is 0.123 e. The fraction of sp³-hybridized carbons (Fsp3) is 0.333. The number of nitrogens with two attached hydrogens (primary N) is 1. The van der Waals surface area contributed by atoms with Gasteiger partial charge in [0.25, 0.3) is 0 Å². The van der Waals surface area contributed by atoms with Crippen LogP contribution in [0.5, 0.6) is 0 Å². The summed E-state index contributed by atoms with van der Waals surface area (Å²) in [6, 6.07) is 5.99. The van der Waals surface area contributed by atoms with Crippen molar-refractivity contribution in [2.75, 3.05) is 13.7 Å². The molecular formula is C9H13ClFNO. The van der Waals surface area contributed by atoms with E-state index in [0.717, 1.165) is 5.56 Å². The summed E-state index contributed by atoms with van der Waals surface area (Å²) in [7, 11) is 1.57. The molecule has 0 heterocycles. The Morgan fingerprint density at radius 3 is 2.77 bits per heavy atom. The van der Waals surface area contributed by atoms with Gasteiger partial charge in [-0.3, -0.25) is 0 Å². The molecule has 1 aromatic rings. The number of rotatable bonds is 3. The van der Waals surface area contributed by atoms with Crippen LogP contribution in [0.15, 0.2) is 24.3 Å². The van der Waals surface area contributed by atoms with Crippen molar-refractivity contribution in [3.05, 3.63) is 35.6 Å². The van der Waals surface area contributed by atoms with Crippen molar-refractivity contribution in [2.45, 2.75) is 6.04 Å². The number of hydrogen-bond acceptors (Lipinski definition) is 2. The zero-order valence-electron chi connectivity index (χ0n) is 7.37. The minimum absolute atomic E-state index is 0. The summed E-state index contributed by atoms with van der Waals surface area (Å²) < 4.78 is 17.5. The van der Waals surface area contributed by atoms with Crippen molar-refractivity contribution in [1.29, 1.82) is 0 Å². The second kappa shape index (κ2) is 5.91. The van der Waals surface area contributed by atoms with Gasteiger partial charge in [-0.2, -0.15) is 0 Å². The summed E-state index contributed by atoms with van der Waals surface area (Å²) in [5.74, 6) is -0.265. The monoisotopic (exact) mass is 205 g/mol. The van der Waals surface area contributed by atoms with E-state index in [1.807, 2.05) is 0 Å². The summed E-state index contributed by atoms with van der Waals surface area (Å²) >= 11 is 0. The molecule has 1 aromatic carbocycles. The summed E-state index contributed by atoms with van der Waals surface area (Å²) in [6.45, 7) is 0.406. The Morgan fingerprint density at radius 1 is 1.54 bits per heavy atom. The smallest absolute Gasteiger partial charge is 0.123 e. The van der Waals surface area contributed by atoms with E-state index in [4.69, 9.17) is 10.5 Å². The van der Waals surface area contributed by atoms with Crippen LogP contribution in [0.4, 0.5) is 4.39 Å². The molecule has 13 heavy (non-hydrogen) atoms. The molecule has 2 nitrogen and oxygen atoms in total. The predicted molar refractivity (Wildman–Crippen MR) is 52.5 cm³/mol. The predicted octanol–water partition coefficient (Wildman–Crippen LogP) is 1.89. The van der Waals surface area contributed by atoms with Gasteiger partial charge in [0.05, 0.1) is 12.6 Å². The van der Waals surface area contributed by atoms with Crippen LogP contribution in [0, 0.1) is 5.82 Å². The third kappa shape index (κ3) is 3.72. The quantitative estimate of drug-likeness (QED) is 0.818. The van der Waals surface area contributed by atoms with Gasteiger partial charge in [-0.25, -0.2) is 4.39 Å². The number of benzene rings is 1. The van der Waals surface area contributed by atoms with Crippen LogP contribution >= 0.6 is 12.4 Å². The zero-order chi connectivity index (χ0) is 8.97. The highest BCUT2D eigenvalue weighted by Crippen LogP contribution is 2.11. The summed E-state index contributed by atoms with van der Waals surface area (Å²) in [4.78, 5) is 0. The molecule has 74 valence electrons. The lowest BCUT2D eigenvalue weighted by atomic mass is 10.1. The van der Waals surface area contributed by atoms with Crippen molar-refractivity contribution >= 4 is 12.4 Å². The fourth-order valence-corrected chi connectivity index (χ4v) is 1.01. The highest BCUT2D eigenvalue weighted by atomic mass is 35.5. The van der Waals surface area contributed by atoms with Gasteiger partial charge in [-0.1, -0.05) is 12.1 Å². The SMILES string of the molecule is COC[C@H](N)c1cccc(F)c1.Cl. The van der Waals surface area contributed by atoms with Gasteiger partial charge >= 0.3 is 0 Å². The molecule has 4 heteroatoms. The lowest BCUT2D eigenvalue weighted by Gasteiger charge is -2.09. The number of methoxy groups -OCH3 is 1. The van der Waals surface area contributed by atoms with Crippen LogP contribution < -0.4 is 5.73 Å². The minimum atomic E-state index is -0.265. The molecular weight excluding hydrogens is 193 g/mol. The normalized spacial score (nSPS) is 11.9. The van der Waals surface area contributed by atoms with Crippen LogP contribution in [0.2, 0.25) is 0 Å².